The van der Waals surface area contributed by atoms with Gasteiger partial charge in [-0.25, -0.2) is 0 Å². The fourth-order valence-electron chi connectivity index (χ4n) is 3.59. The summed E-state index contributed by atoms with van der Waals surface area (Å²) in [5.41, 5.74) is 1.28. The molecule has 23 heavy (non-hydrogen) atoms. The van der Waals surface area contributed by atoms with Gasteiger partial charge < -0.3 is 15.5 Å². The first-order valence-electron chi connectivity index (χ1n) is 8.37. The molecule has 1 aliphatic heterocycles. The van der Waals surface area contributed by atoms with Crippen molar-refractivity contribution < 1.29 is 9.59 Å². The van der Waals surface area contributed by atoms with Crippen molar-refractivity contribution in [3.63, 3.8) is 0 Å². The van der Waals surface area contributed by atoms with Gasteiger partial charge in [0.15, 0.2) is 0 Å². The van der Waals surface area contributed by atoms with Crippen molar-refractivity contribution in [1.82, 2.24) is 15.5 Å². The molecule has 5 nitrogen and oxygen atoms in total. The van der Waals surface area contributed by atoms with Crippen LogP contribution in [0, 0.1) is 11.3 Å². The van der Waals surface area contributed by atoms with Crippen LogP contribution in [0.15, 0.2) is 30.3 Å². The lowest BCUT2D eigenvalue weighted by Gasteiger charge is -2.25. The topological polar surface area (TPSA) is 61.4 Å². The molecule has 1 saturated heterocycles. The molecule has 1 heterocycles. The predicted molar refractivity (Wildman–Crippen MR) is 88.6 cm³/mol. The Balaban J connectivity index is 1.44. The molecule has 2 fully saturated rings. The van der Waals surface area contributed by atoms with Crippen LogP contribution in [-0.2, 0) is 16.1 Å². The first kappa shape index (κ1) is 16.0. The zero-order valence-corrected chi connectivity index (χ0v) is 13.7. The number of likely N-dealkylation sites (N-methyl/N-ethyl adjacent to an activating group) is 1. The molecule has 5 heteroatoms. The number of carbonyl (C=O) groups excluding carboxylic acids is 2. The smallest absolute Gasteiger partial charge is 0.239 e. The highest BCUT2D eigenvalue weighted by Gasteiger charge is 2.58. The molecular weight excluding hydrogens is 290 g/mol. The zero-order chi connectivity index (χ0) is 16.3. The Kier molecular flexibility index (Phi) is 4.66. The average molecular weight is 315 g/mol. The van der Waals surface area contributed by atoms with Gasteiger partial charge in [0.05, 0.1) is 6.54 Å². The number of rotatable bonds is 5. The average Bonchev–Trinajstić information content (AvgIpc) is 3.26. The van der Waals surface area contributed by atoms with Gasteiger partial charge in [0.25, 0.3) is 0 Å². The van der Waals surface area contributed by atoms with E-state index in [4.69, 9.17) is 0 Å². The van der Waals surface area contributed by atoms with Gasteiger partial charge in [-0.1, -0.05) is 30.3 Å². The Morgan fingerprint density at radius 3 is 2.65 bits per heavy atom. The third kappa shape index (κ3) is 3.72. The standard InChI is InChI=1S/C18H25N3O2/c1-21(13-16(22)20-12-14-5-3-2-4-6-14)17(23)15-11-18(15)7-9-19-10-8-18/h2-6,15,19H,7-13H2,1H3,(H,20,22). The summed E-state index contributed by atoms with van der Waals surface area (Å²) in [6, 6.07) is 9.79. The molecule has 2 N–H and O–H groups in total. The van der Waals surface area contributed by atoms with E-state index >= 15 is 0 Å². The predicted octanol–water partition coefficient (Wildman–Crippen LogP) is 1.15. The van der Waals surface area contributed by atoms with Crippen LogP contribution in [0.1, 0.15) is 24.8 Å². The van der Waals surface area contributed by atoms with Crippen LogP contribution in [0.4, 0.5) is 0 Å². The van der Waals surface area contributed by atoms with E-state index < -0.39 is 0 Å². The monoisotopic (exact) mass is 315 g/mol. The number of piperidine rings is 1. The van der Waals surface area contributed by atoms with E-state index in [-0.39, 0.29) is 29.7 Å². The van der Waals surface area contributed by atoms with Crippen LogP contribution in [0.3, 0.4) is 0 Å². The highest BCUT2D eigenvalue weighted by molar-refractivity contribution is 5.87. The molecule has 1 spiro atoms. The Hall–Kier alpha value is -1.88. The lowest BCUT2D eigenvalue weighted by Crippen LogP contribution is -2.40. The summed E-state index contributed by atoms with van der Waals surface area (Å²) in [4.78, 5) is 26.1. The lowest BCUT2D eigenvalue weighted by molar-refractivity contribution is -0.136. The maximum Gasteiger partial charge on any atom is 0.239 e. The third-order valence-corrected chi connectivity index (χ3v) is 5.18. The van der Waals surface area contributed by atoms with Gasteiger partial charge in [0, 0.05) is 19.5 Å². The number of nitrogens with one attached hydrogen (secondary N) is 2. The van der Waals surface area contributed by atoms with Gasteiger partial charge in [-0.3, -0.25) is 9.59 Å². The van der Waals surface area contributed by atoms with E-state index in [1.807, 2.05) is 30.3 Å². The van der Waals surface area contributed by atoms with Crippen LogP contribution in [0.2, 0.25) is 0 Å². The quantitative estimate of drug-likeness (QED) is 0.857. The fourth-order valence-corrected chi connectivity index (χ4v) is 3.59. The normalized spacial score (nSPS) is 21.7. The molecule has 1 aromatic carbocycles. The maximum atomic E-state index is 12.5. The van der Waals surface area contributed by atoms with Gasteiger partial charge in [-0.05, 0) is 43.3 Å². The van der Waals surface area contributed by atoms with E-state index in [1.165, 1.54) is 0 Å². The van der Waals surface area contributed by atoms with E-state index in [0.29, 0.717) is 6.54 Å². The van der Waals surface area contributed by atoms with Gasteiger partial charge >= 0.3 is 0 Å². The summed E-state index contributed by atoms with van der Waals surface area (Å²) < 4.78 is 0. The van der Waals surface area contributed by atoms with Crippen molar-refractivity contribution in [2.45, 2.75) is 25.8 Å². The largest absolute Gasteiger partial charge is 0.350 e. The van der Waals surface area contributed by atoms with Gasteiger partial charge in [-0.2, -0.15) is 0 Å². The molecule has 1 saturated carbocycles. The molecule has 1 unspecified atom stereocenters. The molecule has 124 valence electrons. The summed E-state index contributed by atoms with van der Waals surface area (Å²) in [5.74, 6) is 0.142. The number of hydrogen-bond donors (Lipinski definition) is 2. The van der Waals surface area contributed by atoms with E-state index in [0.717, 1.165) is 37.9 Å². The minimum Gasteiger partial charge on any atom is -0.350 e. The van der Waals surface area contributed by atoms with Crippen LogP contribution in [0.25, 0.3) is 0 Å². The number of benzene rings is 1. The van der Waals surface area contributed by atoms with Gasteiger partial charge in [-0.15, -0.1) is 0 Å². The second-order valence-electron chi connectivity index (χ2n) is 6.83. The highest BCUT2D eigenvalue weighted by atomic mass is 16.2. The summed E-state index contributed by atoms with van der Waals surface area (Å²) >= 11 is 0. The molecular formula is C18H25N3O2. The summed E-state index contributed by atoms with van der Waals surface area (Å²) in [5, 5.41) is 6.22. The Bertz CT molecular complexity index is 567. The first-order chi connectivity index (χ1) is 11.1. The third-order valence-electron chi connectivity index (χ3n) is 5.18. The molecule has 1 atom stereocenters. The van der Waals surface area contributed by atoms with Crippen molar-refractivity contribution in [2.24, 2.45) is 11.3 Å². The number of carbonyl (C=O) groups is 2. The lowest BCUT2D eigenvalue weighted by atomic mass is 9.91. The summed E-state index contributed by atoms with van der Waals surface area (Å²) in [6.45, 7) is 2.65. The Labute approximate surface area is 137 Å². The van der Waals surface area contributed by atoms with Crippen LogP contribution >= 0.6 is 0 Å². The van der Waals surface area contributed by atoms with Gasteiger partial charge in [0.2, 0.25) is 11.8 Å². The first-order valence-corrected chi connectivity index (χ1v) is 8.37. The van der Waals surface area contributed by atoms with Crippen molar-refractivity contribution in [2.75, 3.05) is 26.7 Å². The molecule has 2 amide bonds. The number of amides is 2. The SMILES string of the molecule is CN(CC(=O)NCc1ccccc1)C(=O)C1CC12CCNCC2. The molecule has 0 radical (unpaired) electrons. The summed E-state index contributed by atoms with van der Waals surface area (Å²) in [6.07, 6.45) is 3.15. The molecule has 3 rings (SSSR count). The second-order valence-corrected chi connectivity index (χ2v) is 6.83. The minimum absolute atomic E-state index is 0.107. The van der Waals surface area contributed by atoms with E-state index in [1.54, 1.807) is 11.9 Å². The van der Waals surface area contributed by atoms with Gasteiger partial charge in [0.1, 0.15) is 0 Å². The molecule has 0 bridgehead atoms. The zero-order valence-electron chi connectivity index (χ0n) is 13.7. The fraction of sp³-hybridized carbons (Fsp3) is 0.556. The molecule has 2 aliphatic rings. The van der Waals surface area contributed by atoms with Crippen molar-refractivity contribution in [1.29, 1.82) is 0 Å². The second kappa shape index (κ2) is 6.71. The maximum absolute atomic E-state index is 12.5. The minimum atomic E-state index is -0.107. The van der Waals surface area contributed by atoms with E-state index in [9.17, 15) is 9.59 Å². The molecule has 0 aromatic heterocycles. The van der Waals surface area contributed by atoms with Crippen LogP contribution < -0.4 is 10.6 Å². The number of nitrogens with zero attached hydrogens (tertiary/aromatic N) is 1. The van der Waals surface area contributed by atoms with Crippen LogP contribution in [0.5, 0.6) is 0 Å². The Morgan fingerprint density at radius 1 is 1.26 bits per heavy atom. The Morgan fingerprint density at radius 2 is 1.96 bits per heavy atom. The number of hydrogen-bond acceptors (Lipinski definition) is 3. The van der Waals surface area contributed by atoms with Crippen LogP contribution in [-0.4, -0.2) is 43.4 Å². The molecule has 1 aliphatic carbocycles. The molecule has 1 aromatic rings. The van der Waals surface area contributed by atoms with Crippen molar-refractivity contribution >= 4 is 11.8 Å². The van der Waals surface area contributed by atoms with Crippen molar-refractivity contribution in [3.05, 3.63) is 35.9 Å². The summed E-state index contributed by atoms with van der Waals surface area (Å²) in [7, 11) is 1.73. The van der Waals surface area contributed by atoms with E-state index in [2.05, 4.69) is 10.6 Å². The highest BCUT2D eigenvalue weighted by Crippen LogP contribution is 2.59. The van der Waals surface area contributed by atoms with Crippen molar-refractivity contribution in [3.8, 4) is 0 Å².